The van der Waals surface area contributed by atoms with Gasteiger partial charge in [-0.25, -0.2) is 0 Å². The van der Waals surface area contributed by atoms with E-state index < -0.39 is 36.9 Å². The fourth-order valence-corrected chi connectivity index (χ4v) is 12.4. The molecule has 0 fully saturated rings. The molecule has 0 aromatic rings. The van der Waals surface area contributed by atoms with Crippen molar-refractivity contribution in [3.63, 3.8) is 0 Å². The minimum absolute atomic E-state index is 0.363. The Kier molecular flexibility index (Phi) is 71.0. The first-order chi connectivity index (χ1) is 41.5. The summed E-state index contributed by atoms with van der Waals surface area (Å²) in [6.07, 6.45) is 94.6. The van der Waals surface area contributed by atoms with E-state index in [1.807, 2.05) is 0 Å². The Hall–Kier alpha value is -1.47. The standard InChI is InChI=1S/C78H151NO5/c1-3-5-7-9-11-13-15-17-19-21-23-25-27-29-31-33-35-36-37-38-39-40-41-42-44-46-48-50-52-54-56-58-60-62-64-66-68-70-72-76(82)78(84)79-74(73-80)77(83)75(81)71-69-67-65-63-61-59-57-55-53-51-49-47-45-43-34-32-30-28-26-24-22-20-18-16-14-12-10-8-6-4-2/h47,49,55,57,63,65,74-77,80-83H,3-46,48,50-54,56,58-62,64,66-73H2,1-2H3,(H,79,84)/b49-47+,57-55+,65-63+. The molecule has 0 radical (unpaired) electrons. The van der Waals surface area contributed by atoms with Crippen LogP contribution in [0.2, 0.25) is 0 Å². The van der Waals surface area contributed by atoms with E-state index in [1.165, 1.54) is 340 Å². The zero-order valence-corrected chi connectivity index (χ0v) is 56.9. The Morgan fingerprint density at radius 3 is 0.750 bits per heavy atom. The van der Waals surface area contributed by atoms with Crippen molar-refractivity contribution < 1.29 is 25.2 Å². The summed E-state index contributed by atoms with van der Waals surface area (Å²) in [6, 6.07) is -1.01. The van der Waals surface area contributed by atoms with Gasteiger partial charge in [0.15, 0.2) is 0 Å². The van der Waals surface area contributed by atoms with Crippen LogP contribution in [0, 0.1) is 0 Å². The monoisotopic (exact) mass is 1180 g/mol. The largest absolute Gasteiger partial charge is 0.394 e. The number of nitrogens with one attached hydrogen (secondary N) is 1. The molecule has 0 rings (SSSR count). The van der Waals surface area contributed by atoms with Crippen molar-refractivity contribution in [2.75, 3.05) is 6.61 Å². The number of unbranched alkanes of at least 4 members (excludes halogenated alkanes) is 57. The topological polar surface area (TPSA) is 110 Å². The van der Waals surface area contributed by atoms with Crippen LogP contribution < -0.4 is 5.32 Å². The van der Waals surface area contributed by atoms with E-state index in [-0.39, 0.29) is 0 Å². The van der Waals surface area contributed by atoms with Crippen molar-refractivity contribution in [2.45, 2.75) is 449 Å². The van der Waals surface area contributed by atoms with Gasteiger partial charge < -0.3 is 25.7 Å². The van der Waals surface area contributed by atoms with Gasteiger partial charge in [-0.05, 0) is 64.2 Å². The van der Waals surface area contributed by atoms with E-state index in [0.717, 1.165) is 51.4 Å². The van der Waals surface area contributed by atoms with Crippen LogP contribution in [0.3, 0.4) is 0 Å². The molecule has 0 saturated heterocycles. The molecule has 0 heterocycles. The van der Waals surface area contributed by atoms with E-state index in [4.69, 9.17) is 0 Å². The van der Waals surface area contributed by atoms with Gasteiger partial charge in [0.1, 0.15) is 12.2 Å². The molecule has 0 spiro atoms. The molecule has 0 aliphatic carbocycles. The summed E-state index contributed by atoms with van der Waals surface area (Å²) in [6.45, 7) is 4.10. The average molecular weight is 1180 g/mol. The maximum absolute atomic E-state index is 12.7. The second-order valence-electron chi connectivity index (χ2n) is 26.7. The van der Waals surface area contributed by atoms with Crippen LogP contribution in [-0.2, 0) is 4.79 Å². The Bertz CT molecular complexity index is 1330. The molecule has 0 bridgehead atoms. The minimum Gasteiger partial charge on any atom is -0.394 e. The molecular formula is C78H151NO5. The van der Waals surface area contributed by atoms with Crippen LogP contribution >= 0.6 is 0 Å². The van der Waals surface area contributed by atoms with Crippen molar-refractivity contribution in [1.82, 2.24) is 5.32 Å². The predicted molar refractivity (Wildman–Crippen MR) is 371 cm³/mol. The third-order valence-corrected chi connectivity index (χ3v) is 18.3. The number of rotatable bonds is 72. The normalized spacial score (nSPS) is 13.5. The van der Waals surface area contributed by atoms with Gasteiger partial charge in [-0.15, -0.1) is 0 Å². The maximum atomic E-state index is 12.7. The van der Waals surface area contributed by atoms with Crippen LogP contribution in [-0.4, -0.2) is 57.3 Å². The lowest BCUT2D eigenvalue weighted by Crippen LogP contribution is -2.53. The fourth-order valence-electron chi connectivity index (χ4n) is 12.4. The van der Waals surface area contributed by atoms with Gasteiger partial charge in [-0.1, -0.05) is 397 Å². The number of carbonyl (C=O) groups excluding carboxylic acids is 1. The van der Waals surface area contributed by atoms with Crippen molar-refractivity contribution in [1.29, 1.82) is 0 Å². The van der Waals surface area contributed by atoms with Crippen molar-refractivity contribution in [2.24, 2.45) is 0 Å². The molecule has 5 N–H and O–H groups in total. The van der Waals surface area contributed by atoms with Gasteiger partial charge in [0.25, 0.3) is 0 Å². The molecule has 0 aliphatic rings. The highest BCUT2D eigenvalue weighted by atomic mass is 16.3. The molecule has 6 heteroatoms. The zero-order chi connectivity index (χ0) is 60.8. The summed E-state index contributed by atoms with van der Waals surface area (Å²) in [7, 11) is 0. The second-order valence-corrected chi connectivity index (χ2v) is 26.7. The van der Waals surface area contributed by atoms with Gasteiger partial charge in [0, 0.05) is 0 Å². The molecular weight excluding hydrogens is 1030 g/mol. The molecule has 6 nitrogen and oxygen atoms in total. The minimum atomic E-state index is -1.30. The van der Waals surface area contributed by atoms with Crippen molar-refractivity contribution >= 4 is 5.91 Å². The molecule has 0 aromatic heterocycles. The molecule has 0 saturated carbocycles. The van der Waals surface area contributed by atoms with Crippen LogP contribution in [0.4, 0.5) is 0 Å². The van der Waals surface area contributed by atoms with E-state index >= 15 is 0 Å². The number of allylic oxidation sites excluding steroid dienone is 6. The van der Waals surface area contributed by atoms with Crippen LogP contribution in [0.25, 0.3) is 0 Å². The smallest absolute Gasteiger partial charge is 0.249 e. The first-order valence-electron chi connectivity index (χ1n) is 38.4. The predicted octanol–water partition coefficient (Wildman–Crippen LogP) is 24.2. The Morgan fingerprint density at radius 2 is 0.500 bits per heavy atom. The van der Waals surface area contributed by atoms with Crippen LogP contribution in [0.1, 0.15) is 425 Å². The van der Waals surface area contributed by atoms with Gasteiger partial charge in [-0.2, -0.15) is 0 Å². The Morgan fingerprint density at radius 1 is 0.286 bits per heavy atom. The number of aliphatic hydroxyl groups is 4. The van der Waals surface area contributed by atoms with Crippen LogP contribution in [0.5, 0.6) is 0 Å². The van der Waals surface area contributed by atoms with Gasteiger partial charge in [-0.3, -0.25) is 4.79 Å². The summed E-state index contributed by atoms with van der Waals surface area (Å²) in [5.41, 5.74) is 0. The van der Waals surface area contributed by atoms with Gasteiger partial charge >= 0.3 is 0 Å². The quantitative estimate of drug-likeness (QED) is 0.0308. The third kappa shape index (κ3) is 65.0. The van der Waals surface area contributed by atoms with Crippen LogP contribution in [0.15, 0.2) is 36.5 Å². The van der Waals surface area contributed by atoms with Gasteiger partial charge in [0.2, 0.25) is 5.91 Å². The molecule has 498 valence electrons. The SMILES string of the molecule is CCCCCCCCCCCCCCCCCCC/C=C/CC/C=C/CC/C=C/CCCC(O)C(O)C(CO)NC(=O)C(O)CCCCCCCCCCCCCCCCCCCCCCCCCCCCCCCCCCCCCCCC. The summed E-state index contributed by atoms with van der Waals surface area (Å²) in [4.78, 5) is 12.7. The summed E-state index contributed by atoms with van der Waals surface area (Å²) >= 11 is 0. The molecule has 0 aromatic carbocycles. The molecule has 84 heavy (non-hydrogen) atoms. The lowest BCUT2D eigenvalue weighted by Gasteiger charge is -2.27. The number of hydrogen-bond donors (Lipinski definition) is 5. The molecule has 4 unspecified atom stereocenters. The zero-order valence-electron chi connectivity index (χ0n) is 56.9. The van der Waals surface area contributed by atoms with E-state index in [9.17, 15) is 25.2 Å². The van der Waals surface area contributed by atoms with E-state index in [2.05, 4.69) is 55.6 Å². The lowest BCUT2D eigenvalue weighted by atomic mass is 10.00. The highest BCUT2D eigenvalue weighted by Crippen LogP contribution is 2.20. The average Bonchev–Trinajstić information content (AvgIpc) is 3.53. The number of carbonyl (C=O) groups is 1. The Labute approximate surface area is 526 Å². The first-order valence-corrected chi connectivity index (χ1v) is 38.4. The fraction of sp³-hybridized carbons (Fsp3) is 0.910. The molecule has 1 amide bonds. The number of hydrogen-bond acceptors (Lipinski definition) is 5. The second kappa shape index (κ2) is 72.3. The maximum Gasteiger partial charge on any atom is 0.249 e. The lowest BCUT2D eigenvalue weighted by molar-refractivity contribution is -0.132. The third-order valence-electron chi connectivity index (χ3n) is 18.3. The first kappa shape index (κ1) is 82.5. The number of amides is 1. The molecule has 0 aliphatic heterocycles. The number of aliphatic hydroxyl groups excluding tert-OH is 4. The van der Waals surface area contributed by atoms with E-state index in [1.54, 1.807) is 0 Å². The Balaban J connectivity index is 3.55. The highest BCUT2D eigenvalue weighted by molar-refractivity contribution is 5.80. The van der Waals surface area contributed by atoms with Gasteiger partial charge in [0.05, 0.1) is 18.8 Å². The highest BCUT2D eigenvalue weighted by Gasteiger charge is 2.28. The van der Waals surface area contributed by atoms with Crippen molar-refractivity contribution in [3.05, 3.63) is 36.5 Å². The molecule has 4 atom stereocenters. The van der Waals surface area contributed by atoms with E-state index in [0.29, 0.717) is 19.3 Å². The summed E-state index contributed by atoms with van der Waals surface area (Å²) in [5.74, 6) is -0.591. The van der Waals surface area contributed by atoms with Crippen molar-refractivity contribution in [3.8, 4) is 0 Å². The summed E-state index contributed by atoms with van der Waals surface area (Å²) in [5, 5.41) is 44.2. The summed E-state index contributed by atoms with van der Waals surface area (Å²) < 4.78 is 0.